The molecule has 0 aliphatic heterocycles. The summed E-state index contributed by atoms with van der Waals surface area (Å²) in [4.78, 5) is 12.5. The molecule has 0 aliphatic rings. The van der Waals surface area contributed by atoms with E-state index in [0.717, 1.165) is 25.7 Å². The Kier molecular flexibility index (Phi) is 13.4. The zero-order valence-corrected chi connectivity index (χ0v) is 21.3. The maximum atomic E-state index is 13.5. The third-order valence-corrected chi connectivity index (χ3v) is 5.90. The molecule has 0 aliphatic carbocycles. The first-order valence-electron chi connectivity index (χ1n) is 12.9. The molecule has 194 valence electrons. The monoisotopic (exact) mass is 490 g/mol. The molecule has 0 spiro atoms. The predicted molar refractivity (Wildman–Crippen MR) is 136 cm³/mol. The Hall–Kier alpha value is -2.47. The van der Waals surface area contributed by atoms with Crippen molar-refractivity contribution in [3.05, 3.63) is 59.7 Å². The predicted octanol–water partition coefficient (Wildman–Crippen LogP) is 8.20. The number of hydrogen-bond acceptors (Lipinski definition) is 4. The number of ether oxygens (including phenoxy) is 3. The van der Waals surface area contributed by atoms with Crippen molar-refractivity contribution in [1.29, 1.82) is 0 Å². The molecular weight excluding hydrogens is 450 g/mol. The van der Waals surface area contributed by atoms with Gasteiger partial charge in [0.05, 0.1) is 24.2 Å². The summed E-state index contributed by atoms with van der Waals surface area (Å²) >= 11 is 0. The van der Waals surface area contributed by atoms with Gasteiger partial charge in [-0.05, 0) is 68.1 Å². The SMILES string of the molecule is CCCCCCC[C@@H](C)Oc1ccc(C(=O)Oc2ccc([C@H](COCCCC)C(F)F)cc2)cc1. The summed E-state index contributed by atoms with van der Waals surface area (Å²) in [6.45, 7) is 6.72. The van der Waals surface area contributed by atoms with E-state index in [0.29, 0.717) is 29.2 Å². The number of hydrogen-bond donors (Lipinski definition) is 0. The topological polar surface area (TPSA) is 44.8 Å². The minimum absolute atomic E-state index is 0.0390. The molecule has 6 heteroatoms. The third-order valence-electron chi connectivity index (χ3n) is 5.90. The van der Waals surface area contributed by atoms with Crippen molar-refractivity contribution in [3.8, 4) is 11.5 Å². The van der Waals surface area contributed by atoms with Gasteiger partial charge in [-0.1, -0.05) is 58.1 Å². The summed E-state index contributed by atoms with van der Waals surface area (Å²) in [5.41, 5.74) is 0.848. The van der Waals surface area contributed by atoms with Crippen LogP contribution in [-0.2, 0) is 4.74 Å². The molecule has 0 heterocycles. The van der Waals surface area contributed by atoms with Gasteiger partial charge in [0.25, 0.3) is 0 Å². The number of carbonyl (C=O) groups is 1. The highest BCUT2D eigenvalue weighted by Gasteiger charge is 2.23. The second kappa shape index (κ2) is 16.2. The molecule has 2 aromatic rings. The lowest BCUT2D eigenvalue weighted by atomic mass is 10.0. The Morgan fingerprint density at radius 3 is 2.09 bits per heavy atom. The van der Waals surface area contributed by atoms with Crippen LogP contribution >= 0.6 is 0 Å². The van der Waals surface area contributed by atoms with Crippen LogP contribution in [-0.4, -0.2) is 31.7 Å². The summed E-state index contributed by atoms with van der Waals surface area (Å²) in [5, 5.41) is 0. The smallest absolute Gasteiger partial charge is 0.343 e. The van der Waals surface area contributed by atoms with Crippen molar-refractivity contribution >= 4 is 5.97 Å². The Morgan fingerprint density at radius 1 is 0.829 bits per heavy atom. The Balaban J connectivity index is 1.85. The normalized spacial score (nSPS) is 13.0. The molecule has 0 fully saturated rings. The minimum Gasteiger partial charge on any atom is -0.491 e. The molecule has 0 radical (unpaired) electrons. The molecule has 0 aromatic heterocycles. The molecule has 0 unspecified atom stereocenters. The van der Waals surface area contributed by atoms with Gasteiger partial charge >= 0.3 is 5.97 Å². The first-order valence-corrected chi connectivity index (χ1v) is 12.9. The first kappa shape index (κ1) is 28.8. The zero-order chi connectivity index (χ0) is 25.5. The molecule has 0 saturated heterocycles. The third kappa shape index (κ3) is 10.8. The van der Waals surface area contributed by atoms with E-state index in [1.54, 1.807) is 36.4 Å². The lowest BCUT2D eigenvalue weighted by Crippen LogP contribution is -2.16. The quantitative estimate of drug-likeness (QED) is 0.127. The maximum absolute atomic E-state index is 13.5. The van der Waals surface area contributed by atoms with Gasteiger partial charge in [-0.15, -0.1) is 0 Å². The summed E-state index contributed by atoms with van der Waals surface area (Å²) in [7, 11) is 0. The van der Waals surface area contributed by atoms with Crippen molar-refractivity contribution in [2.24, 2.45) is 0 Å². The van der Waals surface area contributed by atoms with E-state index >= 15 is 0 Å². The number of alkyl halides is 2. The summed E-state index contributed by atoms with van der Waals surface area (Å²) in [5.74, 6) is -0.508. The molecule has 2 atom stereocenters. The van der Waals surface area contributed by atoms with Crippen molar-refractivity contribution in [1.82, 2.24) is 0 Å². The summed E-state index contributed by atoms with van der Waals surface area (Å²) < 4.78 is 43.7. The second-order valence-corrected chi connectivity index (χ2v) is 8.98. The highest BCUT2D eigenvalue weighted by Crippen LogP contribution is 2.26. The fraction of sp³-hybridized carbons (Fsp3) is 0.552. The standard InChI is InChI=1S/C29H40F2O4/c1-4-6-8-9-10-11-22(3)34-25-18-14-24(15-19-25)29(32)35-26-16-12-23(13-17-26)27(28(30)31)21-33-20-7-5-2/h12-19,22,27-28H,4-11,20-21H2,1-3H3/t22-,27+/m1/s1. The van der Waals surface area contributed by atoms with Crippen LogP contribution in [0.3, 0.4) is 0 Å². The van der Waals surface area contributed by atoms with E-state index < -0.39 is 18.3 Å². The van der Waals surface area contributed by atoms with Crippen LogP contribution < -0.4 is 9.47 Å². The number of benzene rings is 2. The van der Waals surface area contributed by atoms with Crippen molar-refractivity contribution < 1.29 is 27.8 Å². The summed E-state index contributed by atoms with van der Waals surface area (Å²) in [6.07, 6.45) is 6.53. The van der Waals surface area contributed by atoms with E-state index in [1.165, 1.54) is 37.8 Å². The zero-order valence-electron chi connectivity index (χ0n) is 21.3. The van der Waals surface area contributed by atoms with E-state index in [2.05, 4.69) is 13.8 Å². The highest BCUT2D eigenvalue weighted by molar-refractivity contribution is 5.91. The largest absolute Gasteiger partial charge is 0.491 e. The molecule has 0 saturated carbocycles. The van der Waals surface area contributed by atoms with Crippen LogP contribution in [0.5, 0.6) is 11.5 Å². The van der Waals surface area contributed by atoms with Gasteiger partial charge in [0, 0.05) is 6.61 Å². The Bertz CT molecular complexity index is 837. The van der Waals surface area contributed by atoms with Crippen LogP contribution in [0.15, 0.2) is 48.5 Å². The number of unbranched alkanes of at least 4 members (excludes halogenated alkanes) is 5. The fourth-order valence-electron chi connectivity index (χ4n) is 3.72. The molecule has 2 aromatic carbocycles. The van der Waals surface area contributed by atoms with Crippen LogP contribution in [0.2, 0.25) is 0 Å². The lowest BCUT2D eigenvalue weighted by Gasteiger charge is -2.17. The van der Waals surface area contributed by atoms with Gasteiger partial charge in [-0.25, -0.2) is 13.6 Å². The molecule has 0 amide bonds. The number of halogens is 2. The Morgan fingerprint density at radius 2 is 1.46 bits per heavy atom. The van der Waals surface area contributed by atoms with Gasteiger partial charge in [-0.3, -0.25) is 0 Å². The average Bonchev–Trinajstić information content (AvgIpc) is 2.85. The first-order chi connectivity index (χ1) is 16.9. The highest BCUT2D eigenvalue weighted by atomic mass is 19.3. The van der Waals surface area contributed by atoms with Crippen LogP contribution in [0.1, 0.15) is 94.0 Å². The number of esters is 1. The van der Waals surface area contributed by atoms with E-state index in [4.69, 9.17) is 14.2 Å². The second-order valence-electron chi connectivity index (χ2n) is 8.98. The average molecular weight is 491 g/mol. The van der Waals surface area contributed by atoms with Crippen molar-refractivity contribution in [2.75, 3.05) is 13.2 Å². The van der Waals surface area contributed by atoms with Gasteiger partial charge in [0.15, 0.2) is 0 Å². The van der Waals surface area contributed by atoms with Crippen LogP contribution in [0, 0.1) is 0 Å². The van der Waals surface area contributed by atoms with Crippen molar-refractivity contribution in [2.45, 2.75) is 90.6 Å². The fourth-order valence-corrected chi connectivity index (χ4v) is 3.72. The van der Waals surface area contributed by atoms with Crippen LogP contribution in [0.4, 0.5) is 8.78 Å². The molecule has 0 bridgehead atoms. The van der Waals surface area contributed by atoms with E-state index in [9.17, 15) is 13.6 Å². The maximum Gasteiger partial charge on any atom is 0.343 e. The van der Waals surface area contributed by atoms with E-state index in [-0.39, 0.29) is 12.7 Å². The van der Waals surface area contributed by atoms with Gasteiger partial charge < -0.3 is 14.2 Å². The van der Waals surface area contributed by atoms with E-state index in [1.807, 2.05) is 6.92 Å². The molecule has 2 rings (SSSR count). The van der Waals surface area contributed by atoms with Gasteiger partial charge in [-0.2, -0.15) is 0 Å². The molecule has 0 N–H and O–H groups in total. The van der Waals surface area contributed by atoms with Gasteiger partial charge in [0.2, 0.25) is 6.43 Å². The summed E-state index contributed by atoms with van der Waals surface area (Å²) in [6, 6.07) is 13.0. The minimum atomic E-state index is -2.53. The molecule has 35 heavy (non-hydrogen) atoms. The number of rotatable bonds is 17. The molecular formula is C29H40F2O4. The van der Waals surface area contributed by atoms with Crippen molar-refractivity contribution in [3.63, 3.8) is 0 Å². The lowest BCUT2D eigenvalue weighted by molar-refractivity contribution is 0.0425. The van der Waals surface area contributed by atoms with Gasteiger partial charge in [0.1, 0.15) is 11.5 Å². The molecule has 4 nitrogen and oxygen atoms in total. The number of carbonyl (C=O) groups excluding carboxylic acids is 1. The Labute approximate surface area is 209 Å². The van der Waals surface area contributed by atoms with Crippen LogP contribution in [0.25, 0.3) is 0 Å².